The monoisotopic (exact) mass is 422 g/mol. The second kappa shape index (κ2) is 6.20. The van der Waals surface area contributed by atoms with Crippen molar-refractivity contribution in [3.63, 3.8) is 0 Å². The van der Waals surface area contributed by atoms with Gasteiger partial charge in [-0.25, -0.2) is 0 Å². The van der Waals surface area contributed by atoms with Gasteiger partial charge in [0.1, 0.15) is 0 Å². The first-order valence-corrected chi connectivity index (χ1v) is 21.1. The maximum atomic E-state index is 2.74. The molecule has 1 aromatic heterocycles. The molecule has 0 nitrogen and oxygen atoms in total. The van der Waals surface area contributed by atoms with Crippen LogP contribution in [0.4, 0.5) is 0 Å². The zero-order valence-electron chi connectivity index (χ0n) is 14.7. The molecule has 2 unspecified atom stereocenters. The van der Waals surface area contributed by atoms with Crippen molar-refractivity contribution >= 4 is 49.3 Å². The SMILES string of the molecule is C[SiH](C)[Ti]([CH3])([CH3])([CH3])([c]1ccc[pH]1)[CH]1C=Cc2ccccc21.Cl.Cl. The van der Waals surface area contributed by atoms with Crippen LogP contribution in [-0.4, -0.2) is 6.66 Å². The molecule has 2 aromatic rings. The molecule has 128 valence electrons. The van der Waals surface area contributed by atoms with E-state index in [4.69, 9.17) is 0 Å². The molecule has 0 bridgehead atoms. The van der Waals surface area contributed by atoms with Crippen molar-refractivity contribution in [3.8, 4) is 0 Å². The Morgan fingerprint density at radius 1 is 0.957 bits per heavy atom. The molecule has 0 amide bonds. The smallest absolute Gasteiger partial charge is 0.147 e. The van der Waals surface area contributed by atoms with Gasteiger partial charge in [-0.05, 0) is 0 Å². The Balaban J connectivity index is 0.00000132. The Hall–Kier alpha value is 0.251. The number of halogens is 2. The van der Waals surface area contributed by atoms with E-state index in [0.29, 0.717) is 4.22 Å². The van der Waals surface area contributed by atoms with Crippen molar-refractivity contribution in [2.24, 2.45) is 0 Å². The summed E-state index contributed by atoms with van der Waals surface area (Å²) in [5, 5.41) is 8.21. The Morgan fingerprint density at radius 3 is 2.17 bits per heavy atom. The van der Waals surface area contributed by atoms with Crippen LogP contribution in [0, 0.1) is 0 Å². The topological polar surface area (TPSA) is 0 Å². The van der Waals surface area contributed by atoms with Gasteiger partial charge in [0, 0.05) is 0 Å². The second-order valence-electron chi connectivity index (χ2n) is 9.14. The summed E-state index contributed by atoms with van der Waals surface area (Å²) in [6.45, 7) is 4.34. The molecule has 3 rings (SSSR count). The van der Waals surface area contributed by atoms with E-state index in [9.17, 15) is 0 Å². The molecule has 0 N–H and O–H groups in total. The zero-order valence-corrected chi connectivity index (χ0v) is 20.0. The van der Waals surface area contributed by atoms with E-state index in [1.54, 1.807) is 5.56 Å². The third-order valence-electron chi connectivity index (χ3n) is 7.14. The fourth-order valence-electron chi connectivity index (χ4n) is 4.09. The molecule has 0 aliphatic heterocycles. The number of allylic oxidation sites excluding steroid dienone is 1. The van der Waals surface area contributed by atoms with Crippen molar-refractivity contribution < 1.29 is 13.3 Å². The molecule has 2 atom stereocenters. The van der Waals surface area contributed by atoms with E-state index < -0.39 is 19.9 Å². The summed E-state index contributed by atoms with van der Waals surface area (Å²) in [5.41, 5.74) is 3.04. The van der Waals surface area contributed by atoms with E-state index in [1.807, 2.05) is 3.60 Å². The van der Waals surface area contributed by atoms with Crippen LogP contribution in [0.2, 0.25) is 28.8 Å². The van der Waals surface area contributed by atoms with Crippen molar-refractivity contribution in [2.45, 2.75) is 33.0 Å². The van der Waals surface area contributed by atoms with Gasteiger partial charge in [0.2, 0.25) is 0 Å². The van der Waals surface area contributed by atoms with Gasteiger partial charge in [0.15, 0.2) is 0 Å². The summed E-state index contributed by atoms with van der Waals surface area (Å²) in [5.74, 6) is 2.39. The predicted molar refractivity (Wildman–Crippen MR) is 115 cm³/mol. The molecular weight excluding hydrogens is 394 g/mol. The molecule has 1 aliphatic carbocycles. The number of hydrogen-bond donors (Lipinski definition) is 0. The second-order valence-corrected chi connectivity index (χ2v) is 44.2. The van der Waals surface area contributed by atoms with Gasteiger partial charge < -0.3 is 0 Å². The summed E-state index contributed by atoms with van der Waals surface area (Å²) in [6, 6.07) is 13.8. The Bertz CT molecular complexity index is 726. The number of fused-ring (bicyclic) bond motifs is 1. The minimum atomic E-state index is -3.30. The van der Waals surface area contributed by atoms with Crippen LogP contribution in [0.25, 0.3) is 6.08 Å². The van der Waals surface area contributed by atoms with Crippen molar-refractivity contribution in [1.82, 2.24) is 0 Å². The normalized spacial score (nSPS) is 19.7. The van der Waals surface area contributed by atoms with Gasteiger partial charge in [-0.1, -0.05) is 0 Å². The largest absolute Gasteiger partial charge is 0.147 e. The van der Waals surface area contributed by atoms with Crippen LogP contribution in [0.5, 0.6) is 0 Å². The Morgan fingerprint density at radius 2 is 1.61 bits per heavy atom. The molecular formula is C18H29Cl2PSiTi. The molecule has 0 spiro atoms. The molecule has 1 heterocycles. The van der Waals surface area contributed by atoms with Crippen LogP contribution < -0.4 is 3.60 Å². The minimum Gasteiger partial charge on any atom is -0.147 e. The Kier molecular flexibility index (Phi) is 5.74. The van der Waals surface area contributed by atoms with Crippen LogP contribution >= 0.6 is 33.0 Å². The van der Waals surface area contributed by atoms with Gasteiger partial charge >= 0.3 is 130 Å². The molecule has 1 aromatic carbocycles. The molecule has 23 heavy (non-hydrogen) atoms. The van der Waals surface area contributed by atoms with Gasteiger partial charge in [0.05, 0.1) is 0 Å². The van der Waals surface area contributed by atoms with Gasteiger partial charge in [-0.15, -0.1) is 24.8 Å². The van der Waals surface area contributed by atoms with Gasteiger partial charge in [-0.3, -0.25) is 0 Å². The summed E-state index contributed by atoms with van der Waals surface area (Å²) >= 11 is -3.30. The standard InChI is InChI=1S/C9H7.C4H4P.C2H7Si.3CH3.2ClH.Ti/c1-2-5-9-7-3-6-8(9)4-1;1-2-4-5-3-1;1-3-2;;;;;;/h1-7H;1-3,5H;3H,1-2H3;3*1H3;2*1H;. The maximum absolute atomic E-state index is 3.30. The Labute approximate surface area is 154 Å². The minimum absolute atomic E-state index is 0. The van der Waals surface area contributed by atoms with E-state index in [0.717, 1.165) is 8.19 Å². The number of rotatable bonds is 3. The first-order chi connectivity index (χ1) is 9.70. The van der Waals surface area contributed by atoms with Crippen LogP contribution in [0.15, 0.2) is 48.3 Å². The van der Waals surface area contributed by atoms with Gasteiger partial charge in [-0.2, -0.15) is 0 Å². The quantitative estimate of drug-likeness (QED) is 0.508. The van der Waals surface area contributed by atoms with Crippen molar-refractivity contribution in [3.05, 3.63) is 59.4 Å². The average Bonchev–Trinajstić information content (AvgIpc) is 3.09. The molecule has 5 heteroatoms. The van der Waals surface area contributed by atoms with Crippen molar-refractivity contribution in [1.29, 1.82) is 0 Å². The molecule has 0 saturated carbocycles. The van der Waals surface area contributed by atoms with Crippen molar-refractivity contribution in [2.75, 3.05) is 0 Å². The average molecular weight is 423 g/mol. The molecule has 0 saturated heterocycles. The first-order valence-electron chi connectivity index (χ1n) is 8.05. The van der Waals surface area contributed by atoms with Crippen LogP contribution in [0.1, 0.15) is 15.3 Å². The summed E-state index contributed by atoms with van der Waals surface area (Å²) < 4.78 is 2.48. The van der Waals surface area contributed by atoms with E-state index in [2.05, 4.69) is 83.1 Å². The summed E-state index contributed by atoms with van der Waals surface area (Å²) in [6.07, 6.45) is 4.93. The number of hydrogen-bond acceptors (Lipinski definition) is 0. The fraction of sp³-hybridized carbons (Fsp3) is 0.333. The summed E-state index contributed by atoms with van der Waals surface area (Å²) in [7, 11) is 0.915. The first kappa shape index (κ1) is 21.3. The molecule has 1 aliphatic rings. The number of benzene rings is 1. The van der Waals surface area contributed by atoms with Crippen LogP contribution in [-0.2, 0) is 13.3 Å². The summed E-state index contributed by atoms with van der Waals surface area (Å²) in [4.78, 5) is 0. The zero-order chi connectivity index (χ0) is 15.4. The third kappa shape index (κ3) is 2.78. The fourth-order valence-corrected chi connectivity index (χ4v) is 28.4. The third-order valence-corrected chi connectivity index (χ3v) is 52.2. The van der Waals surface area contributed by atoms with Crippen LogP contribution in [0.3, 0.4) is 0 Å². The molecule has 0 radical (unpaired) electrons. The predicted octanol–water partition coefficient (Wildman–Crippen LogP) is 6.31. The molecule has 0 fully saturated rings. The van der Waals surface area contributed by atoms with E-state index in [-0.39, 0.29) is 24.8 Å². The van der Waals surface area contributed by atoms with E-state index >= 15 is 0 Å². The van der Waals surface area contributed by atoms with Gasteiger partial charge in [0.25, 0.3) is 0 Å². The van der Waals surface area contributed by atoms with E-state index in [1.165, 1.54) is 5.56 Å². The maximum Gasteiger partial charge on any atom is -0.147 e.